The lowest BCUT2D eigenvalue weighted by Crippen LogP contribution is -2.47. The summed E-state index contributed by atoms with van der Waals surface area (Å²) < 4.78 is 26.2. The number of fused-ring (bicyclic) bond motifs is 2. The number of pyridine rings is 2. The molecule has 6 aromatic rings. The summed E-state index contributed by atoms with van der Waals surface area (Å²) in [7, 11) is -4.81. The first-order valence-corrected chi connectivity index (χ1v) is 30.5. The maximum atomic E-state index is 14.0. The molecule has 0 aliphatic heterocycles. The quantitative estimate of drug-likeness (QED) is 0.0248. The maximum absolute atomic E-state index is 14.0. The number of hydrogen-bond acceptors (Lipinski definition) is 11. The Balaban J connectivity index is 1.31. The Morgan fingerprint density at radius 1 is 0.556 bits per heavy atom. The molecule has 0 amide bonds. The van der Waals surface area contributed by atoms with Gasteiger partial charge in [-0.1, -0.05) is 90.1 Å². The van der Waals surface area contributed by atoms with Gasteiger partial charge in [0.1, 0.15) is 12.6 Å². The van der Waals surface area contributed by atoms with Crippen molar-refractivity contribution in [2.24, 2.45) is 0 Å². The Morgan fingerprint density at radius 3 is 1.28 bits per heavy atom. The highest BCUT2D eigenvalue weighted by molar-refractivity contribution is 6.74. The fourth-order valence-electron chi connectivity index (χ4n) is 8.36. The summed E-state index contributed by atoms with van der Waals surface area (Å²) in [4.78, 5) is 68.8. The molecule has 0 aliphatic carbocycles. The summed E-state index contributed by atoms with van der Waals surface area (Å²) >= 11 is 0. The van der Waals surface area contributed by atoms with Gasteiger partial charge in [0.05, 0.1) is 23.2 Å². The molecule has 2 heterocycles. The molecule has 0 saturated heterocycles. The number of aromatic nitrogens is 2. The molecule has 384 valence electrons. The normalized spacial score (nSPS) is 13.8. The first kappa shape index (κ1) is 55.5. The van der Waals surface area contributed by atoms with Crippen molar-refractivity contribution in [2.75, 3.05) is 13.1 Å². The van der Waals surface area contributed by atoms with E-state index in [4.69, 9.17) is 18.3 Å². The first-order valence-electron chi connectivity index (χ1n) is 24.7. The van der Waals surface area contributed by atoms with Gasteiger partial charge in [-0.15, -0.1) is 0 Å². The fraction of sp³-hybridized carbons (Fsp3) is 0.421. The maximum Gasteiger partial charge on any atom is 0.519 e. The van der Waals surface area contributed by atoms with Crippen LogP contribution in [-0.4, -0.2) is 69.5 Å². The van der Waals surface area contributed by atoms with Gasteiger partial charge >= 0.3 is 6.16 Å². The summed E-state index contributed by atoms with van der Waals surface area (Å²) in [5.41, 5.74) is 3.84. The summed E-state index contributed by atoms with van der Waals surface area (Å²) in [6.07, 6.45) is 0.960. The van der Waals surface area contributed by atoms with Crippen molar-refractivity contribution in [2.45, 2.75) is 142 Å². The van der Waals surface area contributed by atoms with Crippen LogP contribution in [0.15, 0.2) is 107 Å². The van der Waals surface area contributed by atoms with Crippen LogP contribution in [0.1, 0.15) is 124 Å². The van der Waals surface area contributed by atoms with Gasteiger partial charge in [-0.3, -0.25) is 19.2 Å². The second-order valence-electron chi connectivity index (χ2n) is 23.3. The molecule has 72 heavy (non-hydrogen) atoms. The van der Waals surface area contributed by atoms with Crippen LogP contribution in [0.4, 0.5) is 4.79 Å². The van der Waals surface area contributed by atoms with Crippen LogP contribution in [0.2, 0.25) is 36.3 Å². The minimum atomic E-state index is -2.41. The number of nitrogens with one attached hydrogen (secondary N) is 4. The topological polar surface area (TPSA) is 178 Å². The number of aldehydes is 2. The summed E-state index contributed by atoms with van der Waals surface area (Å²) in [6.45, 7) is 31.1. The molecule has 0 saturated carbocycles. The zero-order valence-electron chi connectivity index (χ0n) is 44.5. The predicted octanol–water partition coefficient (Wildman–Crippen LogP) is 11.9. The van der Waals surface area contributed by atoms with E-state index in [1.807, 2.05) is 48.5 Å². The van der Waals surface area contributed by atoms with Crippen LogP contribution < -0.4 is 31.2 Å². The predicted molar refractivity (Wildman–Crippen MR) is 293 cm³/mol. The molecule has 0 radical (unpaired) electrons. The minimum Gasteiger partial charge on any atom is -0.409 e. The largest absolute Gasteiger partial charge is 0.519 e. The molecule has 15 heteroatoms. The van der Waals surface area contributed by atoms with Gasteiger partial charge in [-0.05, 0) is 135 Å². The molecule has 0 fully saturated rings. The number of carbonyl (C=O) groups excluding carboxylic acids is 3. The van der Waals surface area contributed by atoms with E-state index in [1.165, 1.54) is 12.1 Å². The van der Waals surface area contributed by atoms with Gasteiger partial charge in [-0.25, -0.2) is 4.79 Å². The van der Waals surface area contributed by atoms with Gasteiger partial charge in [0.15, 0.2) is 28.1 Å². The molecular weight excluding hydrogens is 941 g/mol. The van der Waals surface area contributed by atoms with Crippen LogP contribution in [0, 0.1) is 0 Å². The van der Waals surface area contributed by atoms with Gasteiger partial charge in [-0.2, -0.15) is 0 Å². The highest BCUT2D eigenvalue weighted by Gasteiger charge is 2.42. The average molecular weight is 1020 g/mol. The SMILES string of the molecule is CC(C)(Cc1cccc(C=O)c1)NCC(O[Si](C)(C)C(C)(C)C)c1ccc(OC(=O)Oc2ccc(C(CNC(C)(C)Cc3cccc(C=O)c3)O[Si](C)(C)C(C)(C)C)c3ccc(=O)[nH]c23)c2[nH]c(=O)ccc12. The van der Waals surface area contributed by atoms with E-state index >= 15 is 0 Å². The first-order chi connectivity index (χ1) is 33.5. The van der Waals surface area contributed by atoms with E-state index in [9.17, 15) is 24.0 Å². The van der Waals surface area contributed by atoms with Crippen molar-refractivity contribution < 1.29 is 32.7 Å². The number of benzene rings is 4. The van der Waals surface area contributed by atoms with Gasteiger partial charge in [0.2, 0.25) is 11.1 Å². The number of aromatic amines is 2. The Kier molecular flexibility index (Phi) is 16.7. The second kappa shape index (κ2) is 21.7. The summed E-state index contributed by atoms with van der Waals surface area (Å²) in [5.74, 6) is 0.129. The van der Waals surface area contributed by atoms with Crippen LogP contribution in [-0.2, 0) is 21.7 Å². The molecule has 2 aromatic heterocycles. The number of hydrogen-bond donors (Lipinski definition) is 4. The van der Waals surface area contributed by atoms with Crippen molar-refractivity contribution in [3.63, 3.8) is 0 Å². The average Bonchev–Trinajstić information content (AvgIpc) is 3.28. The van der Waals surface area contributed by atoms with Crippen molar-refractivity contribution >= 4 is 57.2 Å². The van der Waals surface area contributed by atoms with Crippen LogP contribution >= 0.6 is 0 Å². The molecule has 13 nitrogen and oxygen atoms in total. The molecule has 0 bridgehead atoms. The van der Waals surface area contributed by atoms with Crippen molar-refractivity contribution in [1.82, 2.24) is 20.6 Å². The third-order valence-corrected chi connectivity index (χ3v) is 23.3. The van der Waals surface area contributed by atoms with Gasteiger partial charge in [0, 0.05) is 58.2 Å². The van der Waals surface area contributed by atoms with E-state index in [2.05, 4.69) is 116 Å². The van der Waals surface area contributed by atoms with Crippen LogP contribution in [0.5, 0.6) is 11.5 Å². The Hall–Kier alpha value is -5.82. The van der Waals surface area contributed by atoms with Crippen LogP contribution in [0.25, 0.3) is 21.8 Å². The number of carbonyl (C=O) groups is 3. The zero-order chi connectivity index (χ0) is 53.0. The second-order valence-corrected chi connectivity index (χ2v) is 32.8. The summed E-state index contributed by atoms with van der Waals surface area (Å²) in [6, 6.07) is 28.4. The summed E-state index contributed by atoms with van der Waals surface area (Å²) in [5, 5.41) is 8.45. The van der Waals surface area contributed by atoms with Crippen molar-refractivity contribution in [3.05, 3.63) is 151 Å². The monoisotopic (exact) mass is 1010 g/mol. The number of rotatable bonds is 20. The lowest BCUT2D eigenvalue weighted by Gasteiger charge is -2.40. The highest BCUT2D eigenvalue weighted by Crippen LogP contribution is 2.43. The van der Waals surface area contributed by atoms with E-state index in [-0.39, 0.29) is 32.6 Å². The standard InChI is InChI=1S/C57H74N4O9Si2/c1-54(2,3)71(11,12)69-47(33-58-56(7,8)31-37-17-15-19-39(29-37)35-62)41-21-25-45(51-43(41)23-27-49(64)60-51)67-53(66)68-46-26-22-42(44-24-28-50(65)61-52(44)46)48(70-72(13,14)55(4,5)6)34-59-57(9,10)32-38-18-16-20-40(30-38)36-63/h15-30,35-36,47-48,58-59H,31-34H2,1-14H3,(H,60,64)(H,61,65). The minimum absolute atomic E-state index is 0.0645. The molecule has 6 rings (SSSR count). The molecule has 0 aliphatic rings. The van der Waals surface area contributed by atoms with Crippen LogP contribution in [0.3, 0.4) is 0 Å². The molecule has 0 spiro atoms. The Bertz CT molecular complexity index is 2850. The van der Waals surface area contributed by atoms with Gasteiger partial charge in [0.25, 0.3) is 0 Å². The van der Waals surface area contributed by atoms with E-state index < -0.39 is 57.2 Å². The van der Waals surface area contributed by atoms with Crippen molar-refractivity contribution in [3.8, 4) is 11.5 Å². The number of H-pyrrole nitrogens is 2. The van der Waals surface area contributed by atoms with Gasteiger partial charge < -0.3 is 38.9 Å². The molecule has 4 aromatic carbocycles. The van der Waals surface area contributed by atoms with Crippen molar-refractivity contribution in [1.29, 1.82) is 0 Å². The third kappa shape index (κ3) is 13.8. The lowest BCUT2D eigenvalue weighted by molar-refractivity contribution is 0.111. The van der Waals surface area contributed by atoms with E-state index in [1.54, 1.807) is 36.4 Å². The molecule has 2 atom stereocenters. The lowest BCUT2D eigenvalue weighted by atomic mass is 9.93. The number of ether oxygens (including phenoxy) is 2. The highest BCUT2D eigenvalue weighted by atomic mass is 28.4. The third-order valence-electron chi connectivity index (χ3n) is 14.3. The fourth-order valence-corrected chi connectivity index (χ4v) is 10.9. The molecule has 2 unspecified atom stereocenters. The molecule has 4 N–H and O–H groups in total. The van der Waals surface area contributed by atoms with E-state index in [0.29, 0.717) is 47.8 Å². The van der Waals surface area contributed by atoms with E-state index in [0.717, 1.165) is 34.8 Å². The Morgan fingerprint density at radius 2 is 0.931 bits per heavy atom. The Labute approximate surface area is 426 Å². The zero-order valence-corrected chi connectivity index (χ0v) is 46.5. The smallest absolute Gasteiger partial charge is 0.409 e. The molecular formula is C57H74N4O9Si2.